The van der Waals surface area contributed by atoms with Gasteiger partial charge >= 0.3 is 0 Å². The third-order valence-corrected chi connectivity index (χ3v) is 10.00. The molecule has 3 aliphatic heterocycles. The highest BCUT2D eigenvalue weighted by Crippen LogP contribution is 2.39. The van der Waals surface area contributed by atoms with Gasteiger partial charge in [0.25, 0.3) is 0 Å². The fourth-order valence-corrected chi connectivity index (χ4v) is 6.99. The summed E-state index contributed by atoms with van der Waals surface area (Å²) in [6.07, 6.45) is 6.62. The van der Waals surface area contributed by atoms with E-state index in [1.165, 1.54) is 11.4 Å². The minimum Gasteiger partial charge on any atom is -0.491 e. The second-order valence-electron chi connectivity index (χ2n) is 13.2. The smallest absolute Gasteiger partial charge is 0.228 e. The number of fused-ring (bicyclic) bond motifs is 1. The number of rotatable bonds is 11. The lowest BCUT2D eigenvalue weighted by Gasteiger charge is -2.37. The number of hydrogen-bond donors (Lipinski definition) is 1. The third kappa shape index (κ3) is 6.67. The van der Waals surface area contributed by atoms with Crippen molar-refractivity contribution in [3.63, 3.8) is 0 Å². The topological polar surface area (TPSA) is 117 Å². The Hall–Kier alpha value is -5.24. The minimum absolute atomic E-state index is 0.167. The average molecular weight is 690 g/mol. The van der Waals surface area contributed by atoms with E-state index in [0.29, 0.717) is 19.8 Å². The number of hydrogen-bond acceptors (Lipinski definition) is 12. The molecule has 51 heavy (non-hydrogen) atoms. The van der Waals surface area contributed by atoms with Gasteiger partial charge in [-0.3, -0.25) is 9.88 Å². The van der Waals surface area contributed by atoms with Crippen LogP contribution in [-0.2, 0) is 21.8 Å². The van der Waals surface area contributed by atoms with Crippen LogP contribution in [0.2, 0.25) is 0 Å². The standard InChI is InChI=1S/C38H43N9O4/c1-3-28(2)47-37(48)45(27-42-47)31-11-9-29(10-12-31)43-20-22-44(23-21-43)30-13-15-32(16-14-30)49-24-33-25-50-38(51-33,26-46-40-18-19-41-46)35-7-4-8-36-34(35)6-5-17-39-36/h4-19,27-28,33,37,48H,3,20-26H2,1-2H3. The van der Waals surface area contributed by atoms with Crippen molar-refractivity contribution in [3.8, 4) is 5.75 Å². The van der Waals surface area contributed by atoms with Gasteiger partial charge in [0.05, 0.1) is 24.5 Å². The van der Waals surface area contributed by atoms with Crippen molar-refractivity contribution in [2.45, 2.75) is 51.1 Å². The van der Waals surface area contributed by atoms with Crippen LogP contribution in [0.5, 0.6) is 5.75 Å². The molecule has 8 rings (SSSR count). The monoisotopic (exact) mass is 689 g/mol. The fraction of sp³-hybridized carbons (Fsp3) is 0.368. The predicted molar refractivity (Wildman–Crippen MR) is 196 cm³/mol. The zero-order chi connectivity index (χ0) is 34.8. The molecule has 4 atom stereocenters. The average Bonchev–Trinajstić information content (AvgIpc) is 3.95. The first-order chi connectivity index (χ1) is 25.0. The van der Waals surface area contributed by atoms with Gasteiger partial charge in [-0.05, 0) is 74.0 Å². The number of hydrazone groups is 1. The molecular formula is C38H43N9O4. The van der Waals surface area contributed by atoms with E-state index in [-0.39, 0.29) is 12.1 Å². The quantitative estimate of drug-likeness (QED) is 0.209. The van der Waals surface area contributed by atoms with Crippen LogP contribution in [-0.4, -0.2) is 94.3 Å². The predicted octanol–water partition coefficient (Wildman–Crippen LogP) is 4.64. The van der Waals surface area contributed by atoms with Crippen molar-refractivity contribution in [1.29, 1.82) is 0 Å². The highest BCUT2D eigenvalue weighted by atomic mass is 16.8. The summed E-state index contributed by atoms with van der Waals surface area (Å²) in [6, 6.07) is 26.7. The maximum atomic E-state index is 10.8. The maximum Gasteiger partial charge on any atom is 0.228 e. The number of pyridine rings is 1. The minimum atomic E-state index is -1.08. The van der Waals surface area contributed by atoms with E-state index >= 15 is 0 Å². The lowest BCUT2D eigenvalue weighted by Crippen LogP contribution is -2.46. The van der Waals surface area contributed by atoms with Crippen LogP contribution < -0.4 is 19.4 Å². The molecule has 1 N–H and O–H groups in total. The zero-order valence-corrected chi connectivity index (χ0v) is 28.9. The summed E-state index contributed by atoms with van der Waals surface area (Å²) in [5, 5.41) is 26.5. The molecule has 2 aromatic heterocycles. The number of benzene rings is 3. The first kappa shape index (κ1) is 32.9. The maximum absolute atomic E-state index is 10.8. The van der Waals surface area contributed by atoms with Gasteiger partial charge in [0, 0.05) is 66.4 Å². The second-order valence-corrected chi connectivity index (χ2v) is 13.2. The molecule has 2 fully saturated rings. The second kappa shape index (κ2) is 14.2. The zero-order valence-electron chi connectivity index (χ0n) is 28.9. The summed E-state index contributed by atoms with van der Waals surface area (Å²) in [5.74, 6) is -0.300. The first-order valence-electron chi connectivity index (χ1n) is 17.6. The van der Waals surface area contributed by atoms with E-state index in [0.717, 1.165) is 60.5 Å². The molecule has 13 heteroatoms. The van der Waals surface area contributed by atoms with Crippen molar-refractivity contribution in [3.05, 3.63) is 103 Å². The molecule has 0 radical (unpaired) electrons. The molecule has 5 aromatic rings. The number of aliphatic hydroxyl groups is 1. The summed E-state index contributed by atoms with van der Waals surface area (Å²) in [6.45, 7) is 8.81. The molecule has 0 saturated carbocycles. The van der Waals surface area contributed by atoms with Crippen LogP contribution in [0.3, 0.4) is 0 Å². The van der Waals surface area contributed by atoms with E-state index in [1.54, 1.807) is 39.6 Å². The van der Waals surface area contributed by atoms with Gasteiger partial charge < -0.3 is 29.1 Å². The Labute approximate surface area is 297 Å². The molecule has 0 spiro atoms. The molecule has 0 amide bonds. The third-order valence-electron chi connectivity index (χ3n) is 10.00. The normalized spacial score (nSPS) is 22.6. The molecule has 13 nitrogen and oxygen atoms in total. The van der Waals surface area contributed by atoms with E-state index in [2.05, 4.69) is 80.3 Å². The number of aliphatic hydroxyl groups excluding tert-OH is 1. The number of anilines is 3. The lowest BCUT2D eigenvalue weighted by molar-refractivity contribution is -0.191. The van der Waals surface area contributed by atoms with Crippen LogP contribution in [0.15, 0.2) is 103 Å². The van der Waals surface area contributed by atoms with Crippen LogP contribution in [0.25, 0.3) is 10.9 Å². The Morgan fingerprint density at radius 1 is 0.863 bits per heavy atom. The summed E-state index contributed by atoms with van der Waals surface area (Å²) >= 11 is 0. The van der Waals surface area contributed by atoms with Crippen molar-refractivity contribution < 1.29 is 19.3 Å². The Bertz CT molecular complexity index is 1930. The molecule has 5 heterocycles. The van der Waals surface area contributed by atoms with Crippen molar-refractivity contribution in [2.24, 2.45) is 5.10 Å². The van der Waals surface area contributed by atoms with Gasteiger partial charge in [-0.1, -0.05) is 25.1 Å². The van der Waals surface area contributed by atoms with E-state index < -0.39 is 12.1 Å². The SMILES string of the molecule is CCC(C)N1N=CN(c2ccc(N3CCN(c4ccc(OCC5COC(Cn6nccn6)(c6cccc7ncccc67)O5)cc4)CC3)cc2)C1O. The van der Waals surface area contributed by atoms with Crippen molar-refractivity contribution >= 4 is 34.3 Å². The van der Waals surface area contributed by atoms with Crippen molar-refractivity contribution in [2.75, 3.05) is 54.1 Å². The van der Waals surface area contributed by atoms with Gasteiger partial charge in [-0.15, -0.1) is 0 Å². The van der Waals surface area contributed by atoms with Crippen LogP contribution in [0.1, 0.15) is 25.8 Å². The summed E-state index contributed by atoms with van der Waals surface area (Å²) in [7, 11) is 0. The molecule has 0 aliphatic carbocycles. The Kier molecular flexibility index (Phi) is 9.15. The highest BCUT2D eigenvalue weighted by Gasteiger charge is 2.45. The highest BCUT2D eigenvalue weighted by molar-refractivity contribution is 5.83. The van der Waals surface area contributed by atoms with Gasteiger partial charge in [0.2, 0.25) is 12.1 Å². The number of nitrogens with zero attached hydrogens (tertiary/aromatic N) is 9. The Morgan fingerprint density at radius 2 is 1.55 bits per heavy atom. The van der Waals surface area contributed by atoms with E-state index in [9.17, 15) is 5.11 Å². The molecule has 4 unspecified atom stereocenters. The molecule has 2 saturated heterocycles. The van der Waals surface area contributed by atoms with Gasteiger partial charge in [0.15, 0.2) is 0 Å². The Morgan fingerprint density at radius 3 is 2.25 bits per heavy atom. The Balaban J connectivity index is 0.854. The van der Waals surface area contributed by atoms with Gasteiger partial charge in [-0.25, -0.2) is 5.01 Å². The van der Waals surface area contributed by atoms with Crippen LogP contribution in [0, 0.1) is 0 Å². The number of ether oxygens (including phenoxy) is 3. The molecule has 264 valence electrons. The van der Waals surface area contributed by atoms with Gasteiger partial charge in [-0.2, -0.15) is 20.1 Å². The van der Waals surface area contributed by atoms with Crippen molar-refractivity contribution in [1.82, 2.24) is 25.0 Å². The summed E-state index contributed by atoms with van der Waals surface area (Å²) in [5.41, 5.74) is 5.02. The number of piperazine rings is 1. The molecule has 3 aliphatic rings. The summed E-state index contributed by atoms with van der Waals surface area (Å²) in [4.78, 5) is 12.7. The van der Waals surface area contributed by atoms with Crippen LogP contribution >= 0.6 is 0 Å². The molecular weight excluding hydrogens is 646 g/mol. The van der Waals surface area contributed by atoms with E-state index in [1.807, 2.05) is 42.5 Å². The fourth-order valence-electron chi connectivity index (χ4n) is 6.99. The first-order valence-corrected chi connectivity index (χ1v) is 17.6. The lowest BCUT2D eigenvalue weighted by atomic mass is 10.00. The van der Waals surface area contributed by atoms with Gasteiger partial charge in [0.1, 0.15) is 31.3 Å². The van der Waals surface area contributed by atoms with Crippen LogP contribution in [0.4, 0.5) is 17.1 Å². The molecule has 3 aromatic carbocycles. The number of aromatic nitrogens is 4. The summed E-state index contributed by atoms with van der Waals surface area (Å²) < 4.78 is 19.3. The largest absolute Gasteiger partial charge is 0.491 e. The molecule has 0 bridgehead atoms. The van der Waals surface area contributed by atoms with E-state index in [4.69, 9.17) is 14.2 Å².